The Balaban J connectivity index is 1.99. The van der Waals surface area contributed by atoms with E-state index in [1.807, 2.05) is 13.8 Å². The predicted molar refractivity (Wildman–Crippen MR) is 57.3 cm³/mol. The third-order valence-corrected chi connectivity index (χ3v) is 2.36. The van der Waals surface area contributed by atoms with Crippen molar-refractivity contribution in [1.82, 2.24) is 16.0 Å². The molecule has 14 heavy (non-hydrogen) atoms. The molecule has 1 fully saturated rings. The fourth-order valence-electron chi connectivity index (χ4n) is 1.68. The number of carbonyl (C=O) groups excluding carboxylic acids is 1. The van der Waals surface area contributed by atoms with Crippen LogP contribution in [-0.4, -0.2) is 31.2 Å². The molecule has 2 amide bonds. The zero-order valence-corrected chi connectivity index (χ0v) is 9.10. The normalized spacial score (nSPS) is 21.2. The second-order valence-corrected chi connectivity index (χ2v) is 4.14. The van der Waals surface area contributed by atoms with E-state index in [1.54, 1.807) is 0 Å². The van der Waals surface area contributed by atoms with Gasteiger partial charge in [0.2, 0.25) is 0 Å². The topological polar surface area (TPSA) is 53.2 Å². The molecule has 0 aliphatic carbocycles. The van der Waals surface area contributed by atoms with E-state index < -0.39 is 0 Å². The van der Waals surface area contributed by atoms with Crippen molar-refractivity contribution in [3.05, 3.63) is 0 Å². The van der Waals surface area contributed by atoms with Gasteiger partial charge in [0.05, 0.1) is 0 Å². The van der Waals surface area contributed by atoms with Crippen molar-refractivity contribution >= 4 is 6.03 Å². The van der Waals surface area contributed by atoms with E-state index in [4.69, 9.17) is 0 Å². The van der Waals surface area contributed by atoms with Crippen molar-refractivity contribution in [3.8, 4) is 0 Å². The molecule has 0 aromatic rings. The minimum Gasteiger partial charge on any atom is -0.338 e. The number of hydrogen-bond donors (Lipinski definition) is 3. The minimum absolute atomic E-state index is 0.0574. The summed E-state index contributed by atoms with van der Waals surface area (Å²) < 4.78 is 0. The van der Waals surface area contributed by atoms with Gasteiger partial charge in [0, 0.05) is 18.6 Å². The monoisotopic (exact) mass is 199 g/mol. The van der Waals surface area contributed by atoms with E-state index >= 15 is 0 Å². The van der Waals surface area contributed by atoms with E-state index in [0.717, 1.165) is 19.5 Å². The SMILES string of the molecule is CC(C)NC(=O)NCCC1CCCN1. The van der Waals surface area contributed by atoms with E-state index in [9.17, 15) is 4.79 Å². The van der Waals surface area contributed by atoms with Crippen LogP contribution >= 0.6 is 0 Å². The maximum atomic E-state index is 11.2. The molecule has 1 atom stereocenters. The summed E-state index contributed by atoms with van der Waals surface area (Å²) in [7, 11) is 0. The number of rotatable bonds is 4. The van der Waals surface area contributed by atoms with E-state index in [0.29, 0.717) is 6.04 Å². The van der Waals surface area contributed by atoms with Gasteiger partial charge in [0.15, 0.2) is 0 Å². The lowest BCUT2D eigenvalue weighted by Crippen LogP contribution is -2.41. The Morgan fingerprint density at radius 1 is 1.57 bits per heavy atom. The number of nitrogens with one attached hydrogen (secondary N) is 3. The summed E-state index contributed by atoms with van der Waals surface area (Å²) >= 11 is 0. The minimum atomic E-state index is -0.0574. The number of hydrogen-bond acceptors (Lipinski definition) is 2. The van der Waals surface area contributed by atoms with Crippen LogP contribution in [0.1, 0.15) is 33.1 Å². The summed E-state index contributed by atoms with van der Waals surface area (Å²) in [5.74, 6) is 0. The molecule has 4 nitrogen and oxygen atoms in total. The smallest absolute Gasteiger partial charge is 0.314 e. The van der Waals surface area contributed by atoms with Crippen LogP contribution in [0.25, 0.3) is 0 Å². The largest absolute Gasteiger partial charge is 0.338 e. The lowest BCUT2D eigenvalue weighted by Gasteiger charge is -2.12. The molecule has 0 aromatic carbocycles. The Labute approximate surface area is 85.8 Å². The second kappa shape index (κ2) is 5.86. The van der Waals surface area contributed by atoms with Crippen molar-refractivity contribution in [3.63, 3.8) is 0 Å². The average Bonchev–Trinajstić information content (AvgIpc) is 2.55. The fraction of sp³-hybridized carbons (Fsp3) is 0.900. The first-order chi connectivity index (χ1) is 6.68. The lowest BCUT2D eigenvalue weighted by atomic mass is 10.1. The molecule has 1 aliphatic heterocycles. The molecule has 1 aliphatic rings. The number of carbonyl (C=O) groups is 1. The first-order valence-corrected chi connectivity index (χ1v) is 5.46. The zero-order valence-electron chi connectivity index (χ0n) is 9.10. The second-order valence-electron chi connectivity index (χ2n) is 4.14. The van der Waals surface area contributed by atoms with Crippen LogP contribution in [0.2, 0.25) is 0 Å². The maximum Gasteiger partial charge on any atom is 0.314 e. The third-order valence-electron chi connectivity index (χ3n) is 2.36. The molecular weight excluding hydrogens is 178 g/mol. The molecule has 0 aromatic heterocycles. The van der Waals surface area contributed by atoms with Crippen molar-refractivity contribution < 1.29 is 4.79 Å². The first-order valence-electron chi connectivity index (χ1n) is 5.46. The zero-order chi connectivity index (χ0) is 10.4. The lowest BCUT2D eigenvalue weighted by molar-refractivity contribution is 0.238. The average molecular weight is 199 g/mol. The van der Waals surface area contributed by atoms with Crippen molar-refractivity contribution in [2.24, 2.45) is 0 Å². The maximum absolute atomic E-state index is 11.2. The number of urea groups is 1. The van der Waals surface area contributed by atoms with Crippen LogP contribution in [0.5, 0.6) is 0 Å². The van der Waals surface area contributed by atoms with Crippen molar-refractivity contribution in [2.45, 2.75) is 45.2 Å². The molecule has 3 N–H and O–H groups in total. The predicted octanol–water partition coefficient (Wildman–Crippen LogP) is 0.836. The summed E-state index contributed by atoms with van der Waals surface area (Å²) in [6.07, 6.45) is 3.54. The summed E-state index contributed by atoms with van der Waals surface area (Å²) in [5.41, 5.74) is 0. The van der Waals surface area contributed by atoms with E-state index in [2.05, 4.69) is 16.0 Å². The van der Waals surface area contributed by atoms with Gasteiger partial charge in [-0.1, -0.05) is 0 Å². The molecule has 4 heteroatoms. The molecular formula is C10H21N3O. The molecule has 0 spiro atoms. The van der Waals surface area contributed by atoms with Crippen molar-refractivity contribution in [1.29, 1.82) is 0 Å². The Hall–Kier alpha value is -0.770. The van der Waals surface area contributed by atoms with Crippen LogP contribution in [0.3, 0.4) is 0 Å². The highest BCUT2D eigenvalue weighted by molar-refractivity contribution is 5.73. The Bertz CT molecular complexity index is 176. The quantitative estimate of drug-likeness (QED) is 0.628. The Morgan fingerprint density at radius 2 is 2.36 bits per heavy atom. The molecule has 1 rings (SSSR count). The molecule has 0 bridgehead atoms. The molecule has 0 saturated carbocycles. The van der Waals surface area contributed by atoms with Gasteiger partial charge in [-0.25, -0.2) is 4.79 Å². The van der Waals surface area contributed by atoms with Crippen LogP contribution in [-0.2, 0) is 0 Å². The highest BCUT2D eigenvalue weighted by atomic mass is 16.2. The van der Waals surface area contributed by atoms with Gasteiger partial charge in [-0.3, -0.25) is 0 Å². The molecule has 1 heterocycles. The van der Waals surface area contributed by atoms with Gasteiger partial charge in [0.25, 0.3) is 0 Å². The van der Waals surface area contributed by atoms with Gasteiger partial charge in [-0.05, 0) is 39.7 Å². The Morgan fingerprint density at radius 3 is 2.93 bits per heavy atom. The third kappa shape index (κ3) is 4.46. The van der Waals surface area contributed by atoms with Crippen molar-refractivity contribution in [2.75, 3.05) is 13.1 Å². The molecule has 82 valence electrons. The van der Waals surface area contributed by atoms with E-state index in [-0.39, 0.29) is 12.1 Å². The highest BCUT2D eigenvalue weighted by Crippen LogP contribution is 2.07. The van der Waals surface area contributed by atoms with Gasteiger partial charge in [0.1, 0.15) is 0 Å². The summed E-state index contributed by atoms with van der Waals surface area (Å²) in [6.45, 7) is 5.80. The Kier molecular flexibility index (Phi) is 4.73. The van der Waals surface area contributed by atoms with Crippen LogP contribution in [0, 0.1) is 0 Å². The van der Waals surface area contributed by atoms with Gasteiger partial charge in [-0.2, -0.15) is 0 Å². The summed E-state index contributed by atoms with van der Waals surface area (Å²) in [5, 5.41) is 9.05. The standard InChI is InChI=1S/C10H21N3O/c1-8(2)13-10(14)12-7-5-9-4-3-6-11-9/h8-9,11H,3-7H2,1-2H3,(H2,12,13,14). The first kappa shape index (κ1) is 11.3. The summed E-state index contributed by atoms with van der Waals surface area (Å²) in [4.78, 5) is 11.2. The van der Waals surface area contributed by atoms with Gasteiger partial charge < -0.3 is 16.0 Å². The summed E-state index contributed by atoms with van der Waals surface area (Å²) in [6, 6.07) is 0.756. The number of amides is 2. The van der Waals surface area contributed by atoms with E-state index in [1.165, 1.54) is 12.8 Å². The van der Waals surface area contributed by atoms with Crippen LogP contribution in [0.15, 0.2) is 0 Å². The van der Waals surface area contributed by atoms with Gasteiger partial charge in [-0.15, -0.1) is 0 Å². The van der Waals surface area contributed by atoms with Crippen LogP contribution < -0.4 is 16.0 Å². The highest BCUT2D eigenvalue weighted by Gasteiger charge is 2.13. The fourth-order valence-corrected chi connectivity index (χ4v) is 1.68. The molecule has 1 saturated heterocycles. The van der Waals surface area contributed by atoms with Crippen LogP contribution in [0.4, 0.5) is 4.79 Å². The van der Waals surface area contributed by atoms with Gasteiger partial charge >= 0.3 is 6.03 Å². The molecule has 0 radical (unpaired) electrons. The molecule has 1 unspecified atom stereocenters.